The smallest absolute Gasteiger partial charge is 0.335 e. The lowest BCUT2D eigenvalue weighted by Crippen LogP contribution is -2.42. The standard InChI is InChI=1S/C18H26N2O5S/c1-12-6-7-14(9-15(12)16(21)22)26(24,25)20-8-4-5-13(11-20)10-18(2,3)17(19)23/h6-7,9,13H,4-5,8,10-11H2,1-3H3,(H2,19,23)(H,21,22). The average Bonchev–Trinajstić information content (AvgIpc) is 2.54. The van der Waals surface area contributed by atoms with Gasteiger partial charge in [-0.2, -0.15) is 4.31 Å². The molecule has 1 aromatic carbocycles. The van der Waals surface area contributed by atoms with E-state index in [0.717, 1.165) is 6.42 Å². The lowest BCUT2D eigenvalue weighted by Gasteiger charge is -2.35. The molecule has 0 aliphatic carbocycles. The summed E-state index contributed by atoms with van der Waals surface area (Å²) in [5.41, 5.74) is 5.23. The number of nitrogens with two attached hydrogens (primary N) is 1. The molecule has 144 valence electrons. The van der Waals surface area contributed by atoms with Crippen LogP contribution in [0.4, 0.5) is 0 Å². The number of piperidine rings is 1. The molecule has 0 radical (unpaired) electrons. The molecule has 1 atom stereocenters. The summed E-state index contributed by atoms with van der Waals surface area (Å²) in [6.45, 7) is 5.84. The van der Waals surface area contributed by atoms with Crippen LogP contribution in [0.3, 0.4) is 0 Å². The molecule has 0 saturated carbocycles. The van der Waals surface area contributed by atoms with Crippen molar-refractivity contribution in [3.63, 3.8) is 0 Å². The first-order valence-corrected chi connectivity index (χ1v) is 10.0. The van der Waals surface area contributed by atoms with E-state index in [-0.39, 0.29) is 16.4 Å². The maximum absolute atomic E-state index is 13.0. The van der Waals surface area contributed by atoms with Gasteiger partial charge in [-0.1, -0.05) is 19.9 Å². The topological polar surface area (TPSA) is 118 Å². The first kappa shape index (κ1) is 20.4. The first-order valence-electron chi connectivity index (χ1n) is 8.59. The van der Waals surface area contributed by atoms with Crippen molar-refractivity contribution in [2.24, 2.45) is 17.1 Å². The molecule has 3 N–H and O–H groups in total. The van der Waals surface area contributed by atoms with Crippen molar-refractivity contribution in [3.05, 3.63) is 29.3 Å². The summed E-state index contributed by atoms with van der Waals surface area (Å²) in [7, 11) is -3.79. The Morgan fingerprint density at radius 1 is 1.35 bits per heavy atom. The number of aryl methyl sites for hydroxylation is 1. The van der Waals surface area contributed by atoms with Gasteiger partial charge in [-0.3, -0.25) is 4.79 Å². The van der Waals surface area contributed by atoms with Gasteiger partial charge in [-0.15, -0.1) is 0 Å². The van der Waals surface area contributed by atoms with Crippen LogP contribution in [-0.2, 0) is 14.8 Å². The molecular weight excluding hydrogens is 356 g/mol. The SMILES string of the molecule is Cc1ccc(S(=O)(=O)N2CCCC(CC(C)(C)C(N)=O)C2)cc1C(=O)O. The number of nitrogens with zero attached hydrogens (tertiary/aromatic N) is 1. The largest absolute Gasteiger partial charge is 0.478 e. The van der Waals surface area contributed by atoms with Gasteiger partial charge >= 0.3 is 5.97 Å². The van der Waals surface area contributed by atoms with E-state index < -0.39 is 27.3 Å². The van der Waals surface area contributed by atoms with E-state index in [1.54, 1.807) is 20.8 Å². The lowest BCUT2D eigenvalue weighted by molar-refractivity contribution is -0.127. The summed E-state index contributed by atoms with van der Waals surface area (Å²) in [5.74, 6) is -1.52. The number of carboxylic acid groups (broad SMARTS) is 1. The Balaban J connectivity index is 2.25. The third kappa shape index (κ3) is 4.24. The normalized spacial score (nSPS) is 19.3. The Morgan fingerprint density at radius 2 is 2.00 bits per heavy atom. The summed E-state index contributed by atoms with van der Waals surface area (Å²) in [4.78, 5) is 22.8. The number of carboxylic acids is 1. The number of aromatic carboxylic acids is 1. The van der Waals surface area contributed by atoms with Crippen LogP contribution in [0.15, 0.2) is 23.1 Å². The second kappa shape index (κ2) is 7.36. The molecule has 1 unspecified atom stereocenters. The van der Waals surface area contributed by atoms with E-state index in [0.29, 0.717) is 31.5 Å². The van der Waals surface area contributed by atoms with Gasteiger partial charge < -0.3 is 10.8 Å². The number of carbonyl (C=O) groups is 2. The van der Waals surface area contributed by atoms with Gasteiger partial charge in [0.2, 0.25) is 15.9 Å². The fraction of sp³-hybridized carbons (Fsp3) is 0.556. The van der Waals surface area contributed by atoms with E-state index in [1.165, 1.54) is 22.5 Å². The number of amides is 1. The van der Waals surface area contributed by atoms with Gasteiger partial charge in [0.1, 0.15) is 0 Å². The van der Waals surface area contributed by atoms with Gasteiger partial charge in [0.05, 0.1) is 10.5 Å². The Morgan fingerprint density at radius 3 is 2.58 bits per heavy atom. The highest BCUT2D eigenvalue weighted by atomic mass is 32.2. The van der Waals surface area contributed by atoms with Crippen molar-refractivity contribution in [1.82, 2.24) is 4.31 Å². The minimum Gasteiger partial charge on any atom is -0.478 e. The van der Waals surface area contributed by atoms with Crippen molar-refractivity contribution < 1.29 is 23.1 Å². The highest BCUT2D eigenvalue weighted by Crippen LogP contribution is 2.32. The highest BCUT2D eigenvalue weighted by Gasteiger charge is 2.35. The number of benzene rings is 1. The van der Waals surface area contributed by atoms with Crippen LogP contribution in [0, 0.1) is 18.3 Å². The van der Waals surface area contributed by atoms with Crippen molar-refractivity contribution in [1.29, 1.82) is 0 Å². The van der Waals surface area contributed by atoms with Gasteiger partial charge in [0.15, 0.2) is 0 Å². The number of hydrogen-bond acceptors (Lipinski definition) is 4. The van der Waals surface area contributed by atoms with Crippen LogP contribution >= 0.6 is 0 Å². The lowest BCUT2D eigenvalue weighted by atomic mass is 9.79. The van der Waals surface area contributed by atoms with Crippen molar-refractivity contribution in [2.75, 3.05) is 13.1 Å². The molecule has 1 heterocycles. The maximum atomic E-state index is 13.0. The van der Waals surface area contributed by atoms with E-state index in [1.807, 2.05) is 0 Å². The predicted octanol–water partition coefficient (Wildman–Crippen LogP) is 2.00. The minimum absolute atomic E-state index is 0.0182. The predicted molar refractivity (Wildman–Crippen MR) is 97.2 cm³/mol. The van der Waals surface area contributed by atoms with Crippen LogP contribution < -0.4 is 5.73 Å². The molecule has 1 amide bonds. The van der Waals surface area contributed by atoms with Crippen molar-refractivity contribution >= 4 is 21.9 Å². The monoisotopic (exact) mass is 382 g/mol. The molecule has 1 saturated heterocycles. The van der Waals surface area contributed by atoms with E-state index in [2.05, 4.69) is 0 Å². The third-order valence-electron chi connectivity index (χ3n) is 5.02. The summed E-state index contributed by atoms with van der Waals surface area (Å²) < 4.78 is 27.3. The van der Waals surface area contributed by atoms with Crippen LogP contribution in [0.1, 0.15) is 49.0 Å². The number of hydrogen-bond donors (Lipinski definition) is 2. The Kier molecular flexibility index (Phi) is 5.77. The van der Waals surface area contributed by atoms with Crippen LogP contribution in [-0.4, -0.2) is 42.8 Å². The molecule has 0 bridgehead atoms. The second-order valence-corrected chi connectivity index (χ2v) is 9.54. The summed E-state index contributed by atoms with van der Waals surface area (Å²) in [5, 5.41) is 9.24. The Labute approximate surface area is 154 Å². The average molecular weight is 382 g/mol. The molecule has 26 heavy (non-hydrogen) atoms. The molecule has 2 rings (SSSR count). The minimum atomic E-state index is -3.79. The fourth-order valence-electron chi connectivity index (χ4n) is 3.38. The molecular formula is C18H26N2O5S. The van der Waals surface area contributed by atoms with Crippen LogP contribution in [0.2, 0.25) is 0 Å². The second-order valence-electron chi connectivity index (χ2n) is 7.61. The van der Waals surface area contributed by atoms with E-state index in [9.17, 15) is 23.1 Å². The zero-order chi connectivity index (χ0) is 19.7. The molecule has 0 aromatic heterocycles. The van der Waals surface area contributed by atoms with Crippen LogP contribution in [0.5, 0.6) is 0 Å². The zero-order valence-electron chi connectivity index (χ0n) is 15.4. The molecule has 1 aliphatic rings. The van der Waals surface area contributed by atoms with Crippen LogP contribution in [0.25, 0.3) is 0 Å². The number of sulfonamides is 1. The van der Waals surface area contributed by atoms with Gasteiger partial charge in [-0.05, 0) is 49.8 Å². The zero-order valence-corrected chi connectivity index (χ0v) is 16.2. The highest BCUT2D eigenvalue weighted by molar-refractivity contribution is 7.89. The quantitative estimate of drug-likeness (QED) is 0.780. The third-order valence-corrected chi connectivity index (χ3v) is 6.89. The Bertz CT molecular complexity index is 817. The van der Waals surface area contributed by atoms with Crippen molar-refractivity contribution in [3.8, 4) is 0 Å². The molecule has 1 aliphatic heterocycles. The van der Waals surface area contributed by atoms with Gasteiger partial charge in [-0.25, -0.2) is 13.2 Å². The fourth-order valence-corrected chi connectivity index (χ4v) is 4.96. The Hall–Kier alpha value is -1.93. The first-order chi connectivity index (χ1) is 11.9. The van der Waals surface area contributed by atoms with Crippen molar-refractivity contribution in [2.45, 2.75) is 44.9 Å². The molecule has 1 aromatic rings. The van der Waals surface area contributed by atoms with Gasteiger partial charge in [0.25, 0.3) is 0 Å². The molecule has 8 heteroatoms. The molecule has 0 spiro atoms. The van der Waals surface area contributed by atoms with E-state index in [4.69, 9.17) is 5.73 Å². The summed E-state index contributed by atoms with van der Waals surface area (Å²) in [6, 6.07) is 4.16. The maximum Gasteiger partial charge on any atom is 0.335 e. The summed E-state index contributed by atoms with van der Waals surface area (Å²) in [6.07, 6.45) is 2.04. The van der Waals surface area contributed by atoms with E-state index >= 15 is 0 Å². The number of rotatable bonds is 6. The number of carbonyl (C=O) groups excluding carboxylic acids is 1. The summed E-state index contributed by atoms with van der Waals surface area (Å²) >= 11 is 0. The molecule has 7 nitrogen and oxygen atoms in total. The molecule has 1 fully saturated rings. The van der Waals surface area contributed by atoms with Gasteiger partial charge in [0, 0.05) is 18.5 Å². The number of primary amides is 1.